The van der Waals surface area contributed by atoms with Crippen molar-refractivity contribution in [3.63, 3.8) is 0 Å². The summed E-state index contributed by atoms with van der Waals surface area (Å²) >= 11 is 1.20. The number of aromatic nitrogens is 1. The number of allylic oxidation sites excluding steroid dienone is 2. The second kappa shape index (κ2) is 10.9. The zero-order chi connectivity index (χ0) is 26.7. The Morgan fingerprint density at radius 2 is 2.13 bits per heavy atom. The zero-order valence-corrected chi connectivity index (χ0v) is 22.0. The molecule has 2 aromatic carbocycles. The summed E-state index contributed by atoms with van der Waals surface area (Å²) in [6, 6.07) is 13.8. The molecule has 1 fully saturated rings. The summed E-state index contributed by atoms with van der Waals surface area (Å²) in [6.45, 7) is 3.05. The molecule has 1 aromatic heterocycles. The maximum absolute atomic E-state index is 13.9. The first-order valence-corrected chi connectivity index (χ1v) is 12.9. The number of carbonyl (C=O) groups is 1. The normalized spacial score (nSPS) is 21.9. The van der Waals surface area contributed by atoms with Crippen LogP contribution in [0.25, 0.3) is 0 Å². The van der Waals surface area contributed by atoms with E-state index in [4.69, 9.17) is 19.3 Å². The third kappa shape index (κ3) is 5.28. The van der Waals surface area contributed by atoms with Crippen molar-refractivity contribution in [1.82, 2.24) is 14.4 Å². The standard InChI is InChI=1S/C28H28FN5O3S/c1-19-4-3-5-24(14-19)37-38-33(2)34-12-10-21-15-25(32-23-8-6-22(29)7-9-23)20(17-30)16-28(21,18-34)26(35)27-31-11-13-36-27/h3-9,11,13-15,17H,10,12,16,18,30H2,1-2H3. The molecule has 0 radical (unpaired) electrons. The highest BCUT2D eigenvalue weighted by Crippen LogP contribution is 2.47. The van der Waals surface area contributed by atoms with Crippen LogP contribution in [0.1, 0.15) is 29.1 Å². The molecule has 8 nitrogen and oxygen atoms in total. The van der Waals surface area contributed by atoms with Crippen LogP contribution >= 0.6 is 12.2 Å². The van der Waals surface area contributed by atoms with E-state index in [1.807, 2.05) is 48.7 Å². The van der Waals surface area contributed by atoms with Gasteiger partial charge in [0.05, 0.1) is 23.0 Å². The van der Waals surface area contributed by atoms with Crippen LogP contribution < -0.4 is 9.92 Å². The van der Waals surface area contributed by atoms with Crippen LogP contribution in [0.4, 0.5) is 10.1 Å². The number of fused-ring (bicyclic) bond motifs is 1. The van der Waals surface area contributed by atoms with E-state index in [-0.39, 0.29) is 17.5 Å². The smallest absolute Gasteiger partial charge is 0.264 e. The van der Waals surface area contributed by atoms with Gasteiger partial charge in [-0.1, -0.05) is 17.7 Å². The van der Waals surface area contributed by atoms with Gasteiger partial charge in [-0.2, -0.15) is 4.41 Å². The molecule has 196 valence electrons. The number of benzene rings is 2. The second-order valence-electron chi connectivity index (χ2n) is 9.34. The van der Waals surface area contributed by atoms with Crippen molar-refractivity contribution in [2.24, 2.45) is 16.1 Å². The number of aryl methyl sites for hydroxylation is 1. The molecule has 0 bridgehead atoms. The molecule has 1 aliphatic carbocycles. The van der Waals surface area contributed by atoms with Gasteiger partial charge in [-0.15, -0.1) is 0 Å². The number of rotatable bonds is 7. The second-order valence-corrected chi connectivity index (χ2v) is 10.2. The molecule has 0 spiro atoms. The van der Waals surface area contributed by atoms with Gasteiger partial charge in [0.1, 0.15) is 17.8 Å². The average molecular weight is 534 g/mol. The quantitative estimate of drug-likeness (QED) is 0.244. The highest BCUT2D eigenvalue weighted by molar-refractivity contribution is 7.92. The number of aliphatic imine (C=N–C) groups is 1. The van der Waals surface area contributed by atoms with Crippen molar-refractivity contribution in [1.29, 1.82) is 0 Å². The predicted octanol–water partition coefficient (Wildman–Crippen LogP) is 5.43. The minimum atomic E-state index is -0.950. The molecule has 1 aliphatic heterocycles. The SMILES string of the molecule is Cc1cccc(OSN(C)N2CCC3=CC(=Nc4ccc(F)cc4)C(=CN)CC3(C(=O)c3ncco3)C2)c1. The Morgan fingerprint density at radius 3 is 2.84 bits per heavy atom. The van der Waals surface area contributed by atoms with Gasteiger partial charge < -0.3 is 14.3 Å². The minimum absolute atomic E-state index is 0.0550. The van der Waals surface area contributed by atoms with Crippen molar-refractivity contribution in [2.45, 2.75) is 19.8 Å². The summed E-state index contributed by atoms with van der Waals surface area (Å²) in [5, 5.41) is 2.08. The molecule has 3 aromatic rings. The zero-order valence-electron chi connectivity index (χ0n) is 21.1. The first kappa shape index (κ1) is 25.9. The summed E-state index contributed by atoms with van der Waals surface area (Å²) in [5.74, 6) is 0.260. The lowest BCUT2D eigenvalue weighted by Crippen LogP contribution is -2.54. The van der Waals surface area contributed by atoms with Crippen molar-refractivity contribution in [2.75, 3.05) is 20.1 Å². The Hall–Kier alpha value is -3.73. The van der Waals surface area contributed by atoms with Crippen LogP contribution in [0.3, 0.4) is 0 Å². The Labute approximate surface area is 225 Å². The summed E-state index contributed by atoms with van der Waals surface area (Å²) in [5.41, 5.74) is 9.12. The van der Waals surface area contributed by atoms with E-state index in [9.17, 15) is 9.18 Å². The van der Waals surface area contributed by atoms with Crippen LogP contribution in [0.2, 0.25) is 0 Å². The molecular formula is C28H28FN5O3S. The lowest BCUT2D eigenvalue weighted by molar-refractivity contribution is 0.0211. The Balaban J connectivity index is 1.46. The first-order valence-electron chi connectivity index (χ1n) is 12.2. The number of oxazole rings is 1. The van der Waals surface area contributed by atoms with Gasteiger partial charge in [-0.25, -0.2) is 19.4 Å². The molecule has 1 atom stereocenters. The van der Waals surface area contributed by atoms with Crippen LogP contribution in [0.5, 0.6) is 5.75 Å². The maximum Gasteiger partial charge on any atom is 0.264 e. The molecule has 0 saturated carbocycles. The summed E-state index contributed by atoms with van der Waals surface area (Å²) in [7, 11) is 1.91. The number of hydrogen-bond donors (Lipinski definition) is 1. The topological polar surface area (TPSA) is 97.2 Å². The molecular weight excluding hydrogens is 505 g/mol. The first-order chi connectivity index (χ1) is 18.4. The van der Waals surface area contributed by atoms with Crippen molar-refractivity contribution < 1.29 is 17.8 Å². The lowest BCUT2D eigenvalue weighted by atomic mass is 9.64. The molecule has 1 saturated heterocycles. The number of halogens is 1. The van der Waals surface area contributed by atoms with E-state index in [0.29, 0.717) is 42.9 Å². The highest BCUT2D eigenvalue weighted by Gasteiger charge is 2.51. The molecule has 2 N–H and O–H groups in total. The van der Waals surface area contributed by atoms with E-state index < -0.39 is 5.41 Å². The molecule has 5 rings (SSSR count). The summed E-state index contributed by atoms with van der Waals surface area (Å²) in [6.07, 6.45) is 7.22. The summed E-state index contributed by atoms with van der Waals surface area (Å²) in [4.78, 5) is 22.8. The van der Waals surface area contributed by atoms with Crippen LogP contribution in [0, 0.1) is 18.2 Å². The number of carbonyl (C=O) groups excluding carboxylic acids is 1. The van der Waals surface area contributed by atoms with Crippen LogP contribution in [-0.2, 0) is 0 Å². The van der Waals surface area contributed by atoms with E-state index in [1.165, 1.54) is 43.0 Å². The fourth-order valence-electron chi connectivity index (χ4n) is 4.83. The molecule has 0 amide bonds. The number of nitrogens with zero attached hydrogens (tertiary/aromatic N) is 4. The average Bonchev–Trinajstić information content (AvgIpc) is 3.47. The number of hydrogen-bond acceptors (Lipinski definition) is 9. The van der Waals surface area contributed by atoms with Gasteiger partial charge in [-0.05, 0) is 79.6 Å². The van der Waals surface area contributed by atoms with Gasteiger partial charge in [0, 0.05) is 20.1 Å². The van der Waals surface area contributed by atoms with E-state index in [1.54, 1.807) is 12.1 Å². The van der Waals surface area contributed by atoms with Crippen LogP contribution in [-0.4, -0.2) is 46.0 Å². The molecule has 2 aliphatic rings. The fraction of sp³-hybridized carbons (Fsp3) is 0.250. The number of hydrazine groups is 1. The monoisotopic (exact) mass is 533 g/mol. The van der Waals surface area contributed by atoms with Gasteiger partial charge in [-0.3, -0.25) is 4.79 Å². The summed E-state index contributed by atoms with van der Waals surface area (Å²) < 4.78 is 26.7. The van der Waals surface area contributed by atoms with Gasteiger partial charge in [0.2, 0.25) is 5.78 Å². The number of Topliss-reactive ketones (excluding diaryl/α,β-unsaturated/α-hetero) is 1. The van der Waals surface area contributed by atoms with Gasteiger partial charge in [0.15, 0.2) is 12.2 Å². The van der Waals surface area contributed by atoms with Crippen molar-refractivity contribution in [3.8, 4) is 5.75 Å². The van der Waals surface area contributed by atoms with Crippen LogP contribution in [0.15, 0.2) is 93.8 Å². The van der Waals surface area contributed by atoms with E-state index in [2.05, 4.69) is 9.99 Å². The number of ketones is 1. The molecule has 38 heavy (non-hydrogen) atoms. The third-order valence-electron chi connectivity index (χ3n) is 6.81. The van der Waals surface area contributed by atoms with E-state index in [0.717, 1.165) is 16.9 Å². The largest absolute Gasteiger partial charge is 0.442 e. The molecule has 10 heteroatoms. The molecule has 1 unspecified atom stereocenters. The van der Waals surface area contributed by atoms with Crippen molar-refractivity contribution in [3.05, 3.63) is 102 Å². The van der Waals surface area contributed by atoms with Gasteiger partial charge in [0.25, 0.3) is 5.89 Å². The Kier molecular flexibility index (Phi) is 7.46. The number of nitrogens with two attached hydrogens (primary N) is 1. The highest BCUT2D eigenvalue weighted by atomic mass is 32.2. The fourth-order valence-corrected chi connectivity index (χ4v) is 5.36. The van der Waals surface area contributed by atoms with E-state index >= 15 is 0 Å². The van der Waals surface area contributed by atoms with Crippen molar-refractivity contribution >= 4 is 29.4 Å². The van der Waals surface area contributed by atoms with Gasteiger partial charge >= 0.3 is 0 Å². The predicted molar refractivity (Wildman–Crippen MR) is 145 cm³/mol. The maximum atomic E-state index is 13.9. The minimum Gasteiger partial charge on any atom is -0.442 e. The molecule has 2 heterocycles. The Morgan fingerprint density at radius 1 is 1.32 bits per heavy atom. The Bertz CT molecular complexity index is 1400. The number of piperidine rings is 1. The lowest BCUT2D eigenvalue weighted by Gasteiger charge is -2.47. The third-order valence-corrected chi connectivity index (χ3v) is 7.52.